The topological polar surface area (TPSA) is 30.2 Å². The van der Waals surface area contributed by atoms with Crippen LogP contribution in [0.4, 0.5) is 0 Å². The lowest BCUT2D eigenvalue weighted by molar-refractivity contribution is 0.160. The standard InChI is InChI=1S/C15H17Cl2N3/c16-11-9-18-20-13(17)10-4-7-15(5-2-1-3-6-15)8-12(10)19-14(11)20/h9H,1-8H2. The quantitative estimate of drug-likeness (QED) is 0.672. The lowest BCUT2D eigenvalue weighted by Crippen LogP contribution is -2.32. The molecule has 20 heavy (non-hydrogen) atoms. The summed E-state index contributed by atoms with van der Waals surface area (Å²) >= 11 is 12.7. The summed E-state index contributed by atoms with van der Waals surface area (Å²) in [5.74, 6) is 0. The third-order valence-corrected chi connectivity index (χ3v) is 5.74. The van der Waals surface area contributed by atoms with Crippen molar-refractivity contribution in [1.82, 2.24) is 14.6 Å². The fourth-order valence-electron chi connectivity index (χ4n) is 3.96. The van der Waals surface area contributed by atoms with E-state index >= 15 is 0 Å². The SMILES string of the molecule is Clc1cnn2c(Cl)c3c(nc12)CC1(CCCCC1)CC3. The van der Waals surface area contributed by atoms with Crippen molar-refractivity contribution in [1.29, 1.82) is 0 Å². The van der Waals surface area contributed by atoms with Gasteiger partial charge < -0.3 is 0 Å². The van der Waals surface area contributed by atoms with Crippen LogP contribution in [0, 0.1) is 5.41 Å². The van der Waals surface area contributed by atoms with Gasteiger partial charge >= 0.3 is 0 Å². The highest BCUT2D eigenvalue weighted by Crippen LogP contribution is 2.47. The van der Waals surface area contributed by atoms with Gasteiger partial charge in [0.2, 0.25) is 0 Å². The van der Waals surface area contributed by atoms with E-state index in [-0.39, 0.29) is 0 Å². The Morgan fingerprint density at radius 3 is 2.70 bits per heavy atom. The van der Waals surface area contributed by atoms with Crippen molar-refractivity contribution in [2.24, 2.45) is 5.41 Å². The van der Waals surface area contributed by atoms with E-state index in [1.54, 1.807) is 10.7 Å². The summed E-state index contributed by atoms with van der Waals surface area (Å²) in [5, 5.41) is 5.50. The molecule has 4 rings (SSSR count). The molecule has 0 bridgehead atoms. The number of fused-ring (bicyclic) bond motifs is 2. The van der Waals surface area contributed by atoms with Gasteiger partial charge in [0.1, 0.15) is 10.2 Å². The number of hydrogen-bond donors (Lipinski definition) is 0. The van der Waals surface area contributed by atoms with Crippen LogP contribution in [-0.4, -0.2) is 14.6 Å². The van der Waals surface area contributed by atoms with Crippen molar-refractivity contribution in [3.05, 3.63) is 27.6 Å². The molecule has 1 spiro atoms. The number of aromatic nitrogens is 3. The first kappa shape index (κ1) is 12.9. The Kier molecular flexibility index (Phi) is 2.97. The zero-order valence-electron chi connectivity index (χ0n) is 11.3. The molecular weight excluding hydrogens is 293 g/mol. The Morgan fingerprint density at radius 1 is 1.10 bits per heavy atom. The van der Waals surface area contributed by atoms with Crippen LogP contribution in [-0.2, 0) is 12.8 Å². The predicted octanol–water partition coefficient (Wildman–Crippen LogP) is 4.48. The van der Waals surface area contributed by atoms with Gasteiger partial charge in [-0.1, -0.05) is 42.5 Å². The number of halogens is 2. The van der Waals surface area contributed by atoms with Crippen molar-refractivity contribution < 1.29 is 0 Å². The van der Waals surface area contributed by atoms with Crippen LogP contribution in [0.25, 0.3) is 5.65 Å². The Balaban J connectivity index is 1.82. The zero-order valence-corrected chi connectivity index (χ0v) is 12.8. The molecule has 0 N–H and O–H groups in total. The van der Waals surface area contributed by atoms with Gasteiger partial charge in [0.25, 0.3) is 0 Å². The summed E-state index contributed by atoms with van der Waals surface area (Å²) in [6.07, 6.45) is 11.7. The molecule has 2 aromatic rings. The van der Waals surface area contributed by atoms with Gasteiger partial charge in [-0.15, -0.1) is 0 Å². The van der Waals surface area contributed by atoms with Crippen LogP contribution < -0.4 is 0 Å². The molecule has 1 fully saturated rings. The van der Waals surface area contributed by atoms with E-state index in [0.717, 1.165) is 18.5 Å². The molecule has 1 saturated carbocycles. The first-order valence-corrected chi connectivity index (χ1v) is 8.15. The van der Waals surface area contributed by atoms with E-state index in [0.29, 0.717) is 21.2 Å². The molecule has 0 amide bonds. The maximum absolute atomic E-state index is 6.50. The van der Waals surface area contributed by atoms with E-state index < -0.39 is 0 Å². The van der Waals surface area contributed by atoms with Crippen LogP contribution in [0.2, 0.25) is 10.2 Å². The third-order valence-electron chi connectivity index (χ3n) is 5.09. The van der Waals surface area contributed by atoms with E-state index in [4.69, 9.17) is 28.2 Å². The Labute approximate surface area is 128 Å². The first-order chi connectivity index (χ1) is 9.69. The summed E-state index contributed by atoms with van der Waals surface area (Å²) in [6.45, 7) is 0. The minimum atomic E-state index is 0.465. The van der Waals surface area contributed by atoms with Gasteiger partial charge in [0, 0.05) is 11.3 Å². The smallest absolute Gasteiger partial charge is 0.175 e. The molecule has 106 valence electrons. The molecule has 0 aromatic carbocycles. The van der Waals surface area contributed by atoms with Gasteiger partial charge in [-0.3, -0.25) is 0 Å². The highest BCUT2D eigenvalue weighted by atomic mass is 35.5. The highest BCUT2D eigenvalue weighted by molar-refractivity contribution is 6.34. The molecule has 0 unspecified atom stereocenters. The van der Waals surface area contributed by atoms with Crippen LogP contribution in [0.3, 0.4) is 0 Å². The molecule has 2 heterocycles. The van der Waals surface area contributed by atoms with Crippen molar-refractivity contribution in [2.45, 2.75) is 51.4 Å². The summed E-state index contributed by atoms with van der Waals surface area (Å²) in [4.78, 5) is 4.77. The van der Waals surface area contributed by atoms with E-state index in [1.165, 1.54) is 44.1 Å². The second kappa shape index (κ2) is 4.60. The van der Waals surface area contributed by atoms with E-state index in [1.807, 2.05) is 0 Å². The average Bonchev–Trinajstić information content (AvgIpc) is 2.82. The summed E-state index contributed by atoms with van der Waals surface area (Å²) < 4.78 is 1.67. The largest absolute Gasteiger partial charge is 0.232 e. The molecule has 0 atom stereocenters. The molecule has 2 aliphatic rings. The highest BCUT2D eigenvalue weighted by Gasteiger charge is 2.37. The zero-order chi connectivity index (χ0) is 13.7. The minimum Gasteiger partial charge on any atom is -0.232 e. The normalized spacial score (nSPS) is 21.3. The lowest BCUT2D eigenvalue weighted by atomic mass is 9.65. The molecule has 5 heteroatoms. The van der Waals surface area contributed by atoms with Crippen LogP contribution in [0.15, 0.2) is 6.20 Å². The predicted molar refractivity (Wildman–Crippen MR) is 80.6 cm³/mol. The molecule has 2 aromatic heterocycles. The monoisotopic (exact) mass is 309 g/mol. The second-order valence-electron chi connectivity index (χ2n) is 6.29. The summed E-state index contributed by atoms with van der Waals surface area (Å²) in [6, 6.07) is 0. The molecule has 0 saturated heterocycles. The van der Waals surface area contributed by atoms with Crippen molar-refractivity contribution in [3.8, 4) is 0 Å². The maximum Gasteiger partial charge on any atom is 0.175 e. The molecular formula is C15H17Cl2N3. The fraction of sp³-hybridized carbons (Fsp3) is 0.600. The summed E-state index contributed by atoms with van der Waals surface area (Å²) in [7, 11) is 0. The number of nitrogens with zero attached hydrogens (tertiary/aromatic N) is 3. The minimum absolute atomic E-state index is 0.465. The first-order valence-electron chi connectivity index (χ1n) is 7.39. The summed E-state index contributed by atoms with van der Waals surface area (Å²) in [5.41, 5.74) is 3.49. The number of rotatable bonds is 0. The van der Waals surface area contributed by atoms with Gasteiger partial charge in [0.05, 0.1) is 6.20 Å². The molecule has 2 aliphatic carbocycles. The van der Waals surface area contributed by atoms with Crippen molar-refractivity contribution in [3.63, 3.8) is 0 Å². The molecule has 0 aliphatic heterocycles. The Bertz CT molecular complexity index is 671. The van der Waals surface area contributed by atoms with Crippen molar-refractivity contribution in [2.75, 3.05) is 0 Å². The Hall–Kier alpha value is -0.800. The van der Waals surface area contributed by atoms with Gasteiger partial charge in [-0.05, 0) is 37.5 Å². The number of hydrogen-bond acceptors (Lipinski definition) is 2. The van der Waals surface area contributed by atoms with Crippen molar-refractivity contribution >= 4 is 28.8 Å². The second-order valence-corrected chi connectivity index (χ2v) is 7.06. The third kappa shape index (κ3) is 1.86. The van der Waals surface area contributed by atoms with Gasteiger partial charge in [-0.25, -0.2) is 9.50 Å². The Morgan fingerprint density at radius 2 is 1.90 bits per heavy atom. The lowest BCUT2D eigenvalue weighted by Gasteiger charge is -2.41. The average molecular weight is 310 g/mol. The van der Waals surface area contributed by atoms with Crippen LogP contribution >= 0.6 is 23.2 Å². The van der Waals surface area contributed by atoms with E-state index in [9.17, 15) is 0 Å². The van der Waals surface area contributed by atoms with Gasteiger partial charge in [0.15, 0.2) is 5.65 Å². The maximum atomic E-state index is 6.50. The van der Waals surface area contributed by atoms with E-state index in [2.05, 4.69) is 5.10 Å². The van der Waals surface area contributed by atoms with Crippen LogP contribution in [0.1, 0.15) is 49.8 Å². The van der Waals surface area contributed by atoms with Crippen LogP contribution in [0.5, 0.6) is 0 Å². The molecule has 0 radical (unpaired) electrons. The molecule has 3 nitrogen and oxygen atoms in total. The van der Waals surface area contributed by atoms with Gasteiger partial charge in [-0.2, -0.15) is 5.10 Å². The fourth-order valence-corrected chi connectivity index (χ4v) is 4.46.